The number of nitrogen functional groups attached to an aromatic ring is 1. The van der Waals surface area contributed by atoms with Crippen LogP contribution >= 0.6 is 0 Å². The van der Waals surface area contributed by atoms with Crippen molar-refractivity contribution >= 4 is 17.4 Å². The maximum Gasteiger partial charge on any atom is 0.330 e. The molecule has 4 N–H and O–H groups in total. The summed E-state index contributed by atoms with van der Waals surface area (Å²) < 4.78 is 1.29. The topological polar surface area (TPSA) is 113 Å². The zero-order chi connectivity index (χ0) is 16.2. The van der Waals surface area contributed by atoms with E-state index in [0.717, 1.165) is 0 Å². The molecule has 1 amide bonds. The van der Waals surface area contributed by atoms with Crippen molar-refractivity contribution in [1.29, 1.82) is 0 Å². The van der Waals surface area contributed by atoms with Crippen molar-refractivity contribution in [3.63, 3.8) is 0 Å². The van der Waals surface area contributed by atoms with Crippen LogP contribution in [0.1, 0.15) is 20.8 Å². The molecule has 0 fully saturated rings. The van der Waals surface area contributed by atoms with Gasteiger partial charge in [-0.25, -0.2) is 4.79 Å². The number of carbonyl (C=O) groups is 1. The van der Waals surface area contributed by atoms with Gasteiger partial charge in [-0.1, -0.05) is 13.8 Å². The summed E-state index contributed by atoms with van der Waals surface area (Å²) in [5, 5.41) is 2.72. The maximum atomic E-state index is 11.8. The molecule has 0 unspecified atom stereocenters. The summed E-state index contributed by atoms with van der Waals surface area (Å²) in [6, 6.07) is 0. The molecule has 0 aliphatic rings. The van der Waals surface area contributed by atoms with E-state index >= 15 is 0 Å². The Kier molecular flexibility index (Phi) is 5.57. The number of aromatic amines is 1. The Morgan fingerprint density at radius 3 is 2.57 bits per heavy atom. The number of rotatable bonds is 6. The fourth-order valence-electron chi connectivity index (χ4n) is 1.78. The number of hydrogen-bond donors (Lipinski definition) is 3. The number of nitrogens with two attached hydrogens (primary N) is 1. The second-order valence-electron chi connectivity index (χ2n) is 5.29. The normalized spacial score (nSPS) is 10.7. The van der Waals surface area contributed by atoms with Crippen molar-refractivity contribution < 1.29 is 4.79 Å². The van der Waals surface area contributed by atoms with Crippen LogP contribution in [-0.2, 0) is 11.3 Å². The van der Waals surface area contributed by atoms with Gasteiger partial charge >= 0.3 is 5.69 Å². The van der Waals surface area contributed by atoms with E-state index in [1.54, 1.807) is 7.05 Å². The Bertz CT molecular complexity index is 617. The predicted octanol–water partition coefficient (Wildman–Crippen LogP) is -0.335. The number of hydrogen-bond acceptors (Lipinski definition) is 5. The molecule has 0 aliphatic heterocycles. The first-order valence-electron chi connectivity index (χ1n) is 6.88. The van der Waals surface area contributed by atoms with Crippen LogP contribution in [0.4, 0.5) is 11.5 Å². The zero-order valence-electron chi connectivity index (χ0n) is 12.9. The van der Waals surface area contributed by atoms with Crippen molar-refractivity contribution in [2.75, 3.05) is 31.2 Å². The second kappa shape index (κ2) is 6.96. The second-order valence-corrected chi connectivity index (χ2v) is 5.29. The molecule has 0 saturated heterocycles. The van der Waals surface area contributed by atoms with Crippen LogP contribution in [-0.4, -0.2) is 40.5 Å². The van der Waals surface area contributed by atoms with Crippen LogP contribution in [0.2, 0.25) is 0 Å². The fourth-order valence-corrected chi connectivity index (χ4v) is 1.78. The molecule has 8 nitrogen and oxygen atoms in total. The van der Waals surface area contributed by atoms with Gasteiger partial charge in [0.05, 0.1) is 6.54 Å². The average molecular weight is 297 g/mol. The molecule has 8 heteroatoms. The lowest BCUT2D eigenvalue weighted by atomic mass is 10.2. The van der Waals surface area contributed by atoms with Gasteiger partial charge < -0.3 is 16.0 Å². The van der Waals surface area contributed by atoms with Crippen LogP contribution in [0.3, 0.4) is 0 Å². The van der Waals surface area contributed by atoms with Gasteiger partial charge in [-0.3, -0.25) is 19.1 Å². The van der Waals surface area contributed by atoms with E-state index in [1.165, 1.54) is 9.47 Å². The SMILES string of the molecule is CCN(C)C(=O)CNc1c(N)n(CC(C)C)c(=O)[nH]c1=O. The zero-order valence-corrected chi connectivity index (χ0v) is 12.9. The highest BCUT2D eigenvalue weighted by atomic mass is 16.2. The summed E-state index contributed by atoms with van der Waals surface area (Å²) in [5.41, 5.74) is 4.76. The van der Waals surface area contributed by atoms with Crippen LogP contribution in [0.15, 0.2) is 9.59 Å². The minimum absolute atomic E-state index is 0.0457. The minimum atomic E-state index is -0.621. The smallest absolute Gasteiger partial charge is 0.330 e. The summed E-state index contributed by atoms with van der Waals surface area (Å²) in [6.45, 7) is 6.62. The van der Waals surface area contributed by atoms with E-state index in [-0.39, 0.29) is 29.9 Å². The van der Waals surface area contributed by atoms with E-state index in [4.69, 9.17) is 5.73 Å². The molecule has 0 radical (unpaired) electrons. The molecule has 1 rings (SSSR count). The van der Waals surface area contributed by atoms with Gasteiger partial charge in [0.1, 0.15) is 11.5 Å². The molecule has 0 saturated carbocycles. The van der Waals surface area contributed by atoms with Crippen molar-refractivity contribution in [2.24, 2.45) is 5.92 Å². The number of aromatic nitrogens is 2. The van der Waals surface area contributed by atoms with E-state index in [9.17, 15) is 14.4 Å². The van der Waals surface area contributed by atoms with Crippen LogP contribution in [0, 0.1) is 5.92 Å². The monoisotopic (exact) mass is 297 g/mol. The first kappa shape index (κ1) is 16.8. The summed E-state index contributed by atoms with van der Waals surface area (Å²) in [4.78, 5) is 39.0. The van der Waals surface area contributed by atoms with Crippen molar-refractivity contribution in [3.8, 4) is 0 Å². The third-order valence-corrected chi connectivity index (χ3v) is 3.10. The molecule has 0 spiro atoms. The molecular weight excluding hydrogens is 274 g/mol. The molecule has 0 aliphatic carbocycles. The van der Waals surface area contributed by atoms with Gasteiger partial charge in [-0.2, -0.15) is 0 Å². The molecule has 1 aromatic heterocycles. The predicted molar refractivity (Wildman–Crippen MR) is 82.4 cm³/mol. The lowest BCUT2D eigenvalue weighted by Crippen LogP contribution is -2.37. The van der Waals surface area contributed by atoms with Crippen molar-refractivity contribution in [3.05, 3.63) is 20.8 Å². The summed E-state index contributed by atoms with van der Waals surface area (Å²) in [5.74, 6) is 0.0684. The first-order chi connectivity index (χ1) is 9.77. The lowest BCUT2D eigenvalue weighted by Gasteiger charge is -2.17. The Balaban J connectivity index is 3.05. The van der Waals surface area contributed by atoms with Crippen LogP contribution in [0.5, 0.6) is 0 Å². The quantitative estimate of drug-likeness (QED) is 0.665. The Morgan fingerprint density at radius 2 is 2.05 bits per heavy atom. The molecule has 0 aromatic carbocycles. The highest BCUT2D eigenvalue weighted by Gasteiger charge is 2.14. The lowest BCUT2D eigenvalue weighted by molar-refractivity contribution is -0.127. The van der Waals surface area contributed by atoms with E-state index in [0.29, 0.717) is 13.1 Å². The molecular formula is C13H23N5O3. The van der Waals surface area contributed by atoms with Gasteiger partial charge in [0, 0.05) is 20.1 Å². The number of nitrogens with one attached hydrogen (secondary N) is 2. The van der Waals surface area contributed by atoms with Gasteiger partial charge in [-0.15, -0.1) is 0 Å². The minimum Gasteiger partial charge on any atom is -0.383 e. The average Bonchev–Trinajstić information content (AvgIpc) is 2.41. The van der Waals surface area contributed by atoms with Crippen LogP contribution < -0.4 is 22.3 Å². The molecule has 118 valence electrons. The highest BCUT2D eigenvalue weighted by molar-refractivity contribution is 5.81. The van der Waals surface area contributed by atoms with Gasteiger partial charge in [0.15, 0.2) is 0 Å². The van der Waals surface area contributed by atoms with Crippen molar-refractivity contribution in [1.82, 2.24) is 14.5 Å². The number of nitrogens with zero attached hydrogens (tertiary/aromatic N) is 2. The number of anilines is 2. The van der Waals surface area contributed by atoms with E-state index < -0.39 is 11.2 Å². The molecule has 21 heavy (non-hydrogen) atoms. The molecule has 1 heterocycles. The van der Waals surface area contributed by atoms with Gasteiger partial charge in [0.2, 0.25) is 5.91 Å². The number of H-pyrrole nitrogens is 1. The molecule has 1 aromatic rings. The number of amides is 1. The van der Waals surface area contributed by atoms with Crippen molar-refractivity contribution in [2.45, 2.75) is 27.3 Å². The number of likely N-dealkylation sites (N-methyl/N-ethyl adjacent to an activating group) is 1. The maximum absolute atomic E-state index is 11.8. The molecule has 0 atom stereocenters. The summed E-state index contributed by atoms with van der Waals surface area (Å²) in [7, 11) is 1.66. The first-order valence-corrected chi connectivity index (χ1v) is 6.88. The Morgan fingerprint density at radius 1 is 1.43 bits per heavy atom. The molecule has 0 bridgehead atoms. The van der Waals surface area contributed by atoms with E-state index in [1.807, 2.05) is 20.8 Å². The van der Waals surface area contributed by atoms with Gasteiger partial charge in [0.25, 0.3) is 5.56 Å². The number of carbonyl (C=O) groups excluding carboxylic acids is 1. The third kappa shape index (κ3) is 4.11. The fraction of sp³-hybridized carbons (Fsp3) is 0.615. The largest absolute Gasteiger partial charge is 0.383 e. The standard InChI is InChI=1S/C13H23N5O3/c1-5-17(4)9(19)6-15-10-11(14)18(7-8(2)3)13(21)16-12(10)20/h8,15H,5-7,14H2,1-4H3,(H,16,20,21). The Labute approximate surface area is 122 Å². The Hall–Kier alpha value is -2.25. The highest BCUT2D eigenvalue weighted by Crippen LogP contribution is 2.11. The summed E-state index contributed by atoms with van der Waals surface area (Å²) in [6.07, 6.45) is 0. The third-order valence-electron chi connectivity index (χ3n) is 3.10. The van der Waals surface area contributed by atoms with E-state index in [2.05, 4.69) is 10.3 Å². The summed E-state index contributed by atoms with van der Waals surface area (Å²) >= 11 is 0. The van der Waals surface area contributed by atoms with Crippen LogP contribution in [0.25, 0.3) is 0 Å². The van der Waals surface area contributed by atoms with Gasteiger partial charge in [-0.05, 0) is 12.8 Å².